The summed E-state index contributed by atoms with van der Waals surface area (Å²) in [6, 6.07) is 10.7. The minimum absolute atomic E-state index is 0.385. The van der Waals surface area contributed by atoms with Crippen LogP contribution < -0.4 is 20.3 Å². The third kappa shape index (κ3) is 4.89. The second-order valence-electron chi connectivity index (χ2n) is 6.48. The number of amides is 2. The fourth-order valence-electron chi connectivity index (χ4n) is 3.21. The van der Waals surface area contributed by atoms with Gasteiger partial charge in [-0.15, -0.1) is 0 Å². The van der Waals surface area contributed by atoms with Crippen LogP contribution in [0.1, 0.15) is 0 Å². The molecule has 8 heteroatoms. The molecule has 1 aliphatic rings. The fourth-order valence-corrected chi connectivity index (χ4v) is 3.21. The SMILES string of the molecule is COc1ccccc1N1CCN(CCNC(=O)Nc2c(F)cccc2F)CC1. The summed E-state index contributed by atoms with van der Waals surface area (Å²) in [5.74, 6) is -0.750. The maximum Gasteiger partial charge on any atom is 0.319 e. The maximum absolute atomic E-state index is 13.6. The highest BCUT2D eigenvalue weighted by Gasteiger charge is 2.19. The molecule has 0 aromatic heterocycles. The highest BCUT2D eigenvalue weighted by atomic mass is 19.1. The Labute approximate surface area is 163 Å². The number of carbonyl (C=O) groups is 1. The molecule has 2 N–H and O–H groups in total. The van der Waals surface area contributed by atoms with Gasteiger partial charge in [-0.1, -0.05) is 18.2 Å². The van der Waals surface area contributed by atoms with E-state index < -0.39 is 23.4 Å². The highest BCUT2D eigenvalue weighted by molar-refractivity contribution is 5.89. The zero-order chi connectivity index (χ0) is 19.9. The first kappa shape index (κ1) is 19.9. The molecule has 1 heterocycles. The summed E-state index contributed by atoms with van der Waals surface area (Å²) in [5.41, 5.74) is 0.638. The molecule has 0 atom stereocenters. The zero-order valence-electron chi connectivity index (χ0n) is 15.8. The van der Waals surface area contributed by atoms with Crippen LogP contribution in [0.4, 0.5) is 25.0 Å². The number of ether oxygens (including phenoxy) is 1. The Morgan fingerprint density at radius 1 is 1.04 bits per heavy atom. The van der Waals surface area contributed by atoms with Crippen molar-refractivity contribution in [3.8, 4) is 5.75 Å². The van der Waals surface area contributed by atoms with E-state index in [-0.39, 0.29) is 0 Å². The van der Waals surface area contributed by atoms with Crippen molar-refractivity contribution in [1.29, 1.82) is 0 Å². The molecule has 1 fully saturated rings. The number of hydrogen-bond acceptors (Lipinski definition) is 4. The molecule has 3 rings (SSSR count). The van der Waals surface area contributed by atoms with E-state index >= 15 is 0 Å². The first-order valence-corrected chi connectivity index (χ1v) is 9.17. The fraction of sp³-hybridized carbons (Fsp3) is 0.350. The molecule has 0 bridgehead atoms. The second kappa shape index (κ2) is 9.36. The largest absolute Gasteiger partial charge is 0.495 e. The lowest BCUT2D eigenvalue weighted by atomic mass is 10.2. The standard InChI is InChI=1S/C20H24F2N4O2/c1-28-18-8-3-2-7-17(18)26-13-11-25(12-14-26)10-9-23-20(27)24-19-15(21)5-4-6-16(19)22/h2-8H,9-14H2,1H3,(H2,23,24,27). The quantitative estimate of drug-likeness (QED) is 0.796. The predicted molar refractivity (Wildman–Crippen MR) is 105 cm³/mol. The summed E-state index contributed by atoms with van der Waals surface area (Å²) in [5, 5.41) is 4.85. The van der Waals surface area contributed by atoms with Gasteiger partial charge in [0, 0.05) is 39.3 Å². The van der Waals surface area contributed by atoms with Crippen LogP contribution in [-0.2, 0) is 0 Å². The highest BCUT2D eigenvalue weighted by Crippen LogP contribution is 2.28. The average molecular weight is 390 g/mol. The lowest BCUT2D eigenvalue weighted by Gasteiger charge is -2.36. The van der Waals surface area contributed by atoms with E-state index in [4.69, 9.17) is 4.74 Å². The normalized spacial score (nSPS) is 14.6. The van der Waals surface area contributed by atoms with Gasteiger partial charge < -0.3 is 20.3 Å². The van der Waals surface area contributed by atoms with Crippen LogP contribution in [0.2, 0.25) is 0 Å². The summed E-state index contributed by atoms with van der Waals surface area (Å²) < 4.78 is 32.5. The van der Waals surface area contributed by atoms with Gasteiger partial charge in [-0.25, -0.2) is 13.6 Å². The lowest BCUT2D eigenvalue weighted by molar-refractivity contribution is 0.240. The van der Waals surface area contributed by atoms with Gasteiger partial charge >= 0.3 is 6.03 Å². The van der Waals surface area contributed by atoms with Crippen molar-refractivity contribution < 1.29 is 18.3 Å². The van der Waals surface area contributed by atoms with Crippen LogP contribution in [0, 0.1) is 11.6 Å². The Bertz CT molecular complexity index is 790. The number of para-hydroxylation sites is 3. The molecular formula is C20H24F2N4O2. The number of anilines is 2. The van der Waals surface area contributed by atoms with E-state index in [1.165, 1.54) is 6.07 Å². The van der Waals surface area contributed by atoms with Gasteiger partial charge in [-0.2, -0.15) is 0 Å². The number of carbonyl (C=O) groups excluding carboxylic acids is 1. The molecule has 0 spiro atoms. The van der Waals surface area contributed by atoms with Crippen molar-refractivity contribution in [2.75, 3.05) is 56.6 Å². The number of urea groups is 1. The number of nitrogens with one attached hydrogen (secondary N) is 2. The molecule has 150 valence electrons. The lowest BCUT2D eigenvalue weighted by Crippen LogP contribution is -2.48. The number of methoxy groups -OCH3 is 1. The summed E-state index contributed by atoms with van der Waals surface area (Å²) in [4.78, 5) is 16.4. The first-order chi connectivity index (χ1) is 13.6. The first-order valence-electron chi connectivity index (χ1n) is 9.17. The molecule has 2 amide bonds. The number of nitrogens with zero attached hydrogens (tertiary/aromatic N) is 2. The molecule has 0 aliphatic carbocycles. The zero-order valence-corrected chi connectivity index (χ0v) is 15.8. The second-order valence-corrected chi connectivity index (χ2v) is 6.48. The number of rotatable bonds is 6. The van der Waals surface area contributed by atoms with Crippen LogP contribution >= 0.6 is 0 Å². The van der Waals surface area contributed by atoms with E-state index in [0.29, 0.717) is 13.1 Å². The Balaban J connectivity index is 1.41. The average Bonchev–Trinajstić information content (AvgIpc) is 2.71. The van der Waals surface area contributed by atoms with E-state index in [1.54, 1.807) is 7.11 Å². The van der Waals surface area contributed by atoms with E-state index in [1.807, 2.05) is 24.3 Å². The van der Waals surface area contributed by atoms with Crippen molar-refractivity contribution in [3.05, 3.63) is 54.1 Å². The van der Waals surface area contributed by atoms with Gasteiger partial charge in [0.2, 0.25) is 0 Å². The van der Waals surface area contributed by atoms with Crippen molar-refractivity contribution in [3.63, 3.8) is 0 Å². The van der Waals surface area contributed by atoms with E-state index in [0.717, 1.165) is 49.7 Å². The minimum atomic E-state index is -0.803. The molecule has 1 aliphatic heterocycles. The third-order valence-electron chi connectivity index (χ3n) is 4.71. The van der Waals surface area contributed by atoms with Crippen LogP contribution in [-0.4, -0.2) is 57.3 Å². The number of hydrogen-bond donors (Lipinski definition) is 2. The van der Waals surface area contributed by atoms with Crippen molar-refractivity contribution in [1.82, 2.24) is 10.2 Å². The Kier molecular flexibility index (Phi) is 6.65. The van der Waals surface area contributed by atoms with Gasteiger partial charge in [-0.05, 0) is 24.3 Å². The number of piperazine rings is 1. The molecule has 0 saturated carbocycles. The van der Waals surface area contributed by atoms with Crippen LogP contribution in [0.5, 0.6) is 5.75 Å². The molecule has 2 aromatic rings. The molecule has 1 saturated heterocycles. The van der Waals surface area contributed by atoms with E-state index in [9.17, 15) is 13.6 Å². The van der Waals surface area contributed by atoms with Crippen molar-refractivity contribution in [2.45, 2.75) is 0 Å². The van der Waals surface area contributed by atoms with Crippen LogP contribution in [0.15, 0.2) is 42.5 Å². The third-order valence-corrected chi connectivity index (χ3v) is 4.71. The van der Waals surface area contributed by atoms with Crippen LogP contribution in [0.25, 0.3) is 0 Å². The van der Waals surface area contributed by atoms with Crippen molar-refractivity contribution >= 4 is 17.4 Å². The van der Waals surface area contributed by atoms with Gasteiger partial charge in [0.25, 0.3) is 0 Å². The summed E-state index contributed by atoms with van der Waals surface area (Å²) in [6.07, 6.45) is 0. The smallest absolute Gasteiger partial charge is 0.319 e. The number of halogens is 2. The molecule has 28 heavy (non-hydrogen) atoms. The minimum Gasteiger partial charge on any atom is -0.495 e. The monoisotopic (exact) mass is 390 g/mol. The van der Waals surface area contributed by atoms with Crippen LogP contribution in [0.3, 0.4) is 0 Å². The maximum atomic E-state index is 13.6. The molecule has 6 nitrogen and oxygen atoms in total. The van der Waals surface area contributed by atoms with Gasteiger partial charge in [0.05, 0.1) is 12.8 Å². The molecular weight excluding hydrogens is 366 g/mol. The van der Waals surface area contributed by atoms with Gasteiger partial charge in [-0.3, -0.25) is 4.90 Å². The summed E-state index contributed by atoms with van der Waals surface area (Å²) in [6.45, 7) is 4.45. The van der Waals surface area contributed by atoms with Crippen molar-refractivity contribution in [2.24, 2.45) is 0 Å². The predicted octanol–water partition coefficient (Wildman–Crippen LogP) is 2.92. The number of benzene rings is 2. The molecule has 0 unspecified atom stereocenters. The Hall–Kier alpha value is -2.87. The molecule has 0 radical (unpaired) electrons. The van der Waals surface area contributed by atoms with Gasteiger partial charge in [0.15, 0.2) is 0 Å². The van der Waals surface area contributed by atoms with Gasteiger partial charge in [0.1, 0.15) is 23.1 Å². The van der Waals surface area contributed by atoms with E-state index in [2.05, 4.69) is 20.4 Å². The Morgan fingerprint density at radius 3 is 2.39 bits per heavy atom. The molecule has 2 aromatic carbocycles. The summed E-state index contributed by atoms with van der Waals surface area (Å²) in [7, 11) is 1.67. The topological polar surface area (TPSA) is 56.8 Å². The summed E-state index contributed by atoms with van der Waals surface area (Å²) >= 11 is 0. The Morgan fingerprint density at radius 2 is 1.71 bits per heavy atom.